The molecule has 3 rings (SSSR count). The second-order valence-electron chi connectivity index (χ2n) is 5.82. The molecule has 0 aliphatic rings. The summed E-state index contributed by atoms with van der Waals surface area (Å²) in [7, 11) is 9.46. The molecule has 0 atom stereocenters. The first-order valence-corrected chi connectivity index (χ1v) is 8.51. The predicted molar refractivity (Wildman–Crippen MR) is 106 cm³/mol. The molecule has 0 fully saturated rings. The van der Waals surface area contributed by atoms with E-state index in [9.17, 15) is 0 Å². The van der Waals surface area contributed by atoms with Gasteiger partial charge < -0.3 is 28.4 Å². The van der Waals surface area contributed by atoms with E-state index in [-0.39, 0.29) is 0 Å². The molecule has 0 unspecified atom stereocenters. The van der Waals surface area contributed by atoms with Gasteiger partial charge in [0.15, 0.2) is 23.0 Å². The molecule has 28 heavy (non-hydrogen) atoms. The van der Waals surface area contributed by atoms with Gasteiger partial charge in [-0.2, -0.15) is 0 Å². The van der Waals surface area contributed by atoms with Crippen LogP contribution in [0.1, 0.15) is 0 Å². The van der Waals surface area contributed by atoms with Crippen LogP contribution in [0.15, 0.2) is 30.5 Å². The van der Waals surface area contributed by atoms with E-state index in [1.54, 1.807) is 48.9 Å². The summed E-state index contributed by atoms with van der Waals surface area (Å²) in [4.78, 5) is 4.59. The van der Waals surface area contributed by atoms with Crippen LogP contribution in [0.3, 0.4) is 0 Å². The largest absolute Gasteiger partial charge is 0.493 e. The second kappa shape index (κ2) is 8.12. The van der Waals surface area contributed by atoms with Gasteiger partial charge in [-0.3, -0.25) is 4.98 Å². The average Bonchev–Trinajstić information content (AvgIpc) is 2.75. The molecule has 0 aliphatic heterocycles. The van der Waals surface area contributed by atoms with Gasteiger partial charge in [0, 0.05) is 11.8 Å². The van der Waals surface area contributed by atoms with Crippen molar-refractivity contribution in [3.8, 4) is 45.8 Å². The van der Waals surface area contributed by atoms with E-state index in [1.807, 2.05) is 24.3 Å². The lowest BCUT2D eigenvalue weighted by molar-refractivity contribution is 0.324. The van der Waals surface area contributed by atoms with Crippen molar-refractivity contribution in [2.24, 2.45) is 0 Å². The van der Waals surface area contributed by atoms with E-state index in [1.165, 1.54) is 0 Å². The number of rotatable bonds is 7. The van der Waals surface area contributed by atoms with Crippen molar-refractivity contribution in [1.29, 1.82) is 0 Å². The first-order valence-electron chi connectivity index (χ1n) is 8.51. The zero-order valence-electron chi connectivity index (χ0n) is 16.8. The van der Waals surface area contributed by atoms with Crippen molar-refractivity contribution in [3.63, 3.8) is 0 Å². The van der Waals surface area contributed by atoms with Crippen LogP contribution in [0, 0.1) is 0 Å². The fraction of sp³-hybridized carbons (Fsp3) is 0.286. The lowest BCUT2D eigenvalue weighted by atomic mass is 10.0. The number of fused-ring (bicyclic) bond motifs is 1. The molecule has 0 radical (unpaired) electrons. The van der Waals surface area contributed by atoms with Gasteiger partial charge in [0.1, 0.15) is 0 Å². The Balaban J connectivity index is 2.39. The van der Waals surface area contributed by atoms with E-state index < -0.39 is 0 Å². The minimum Gasteiger partial charge on any atom is -0.493 e. The maximum absolute atomic E-state index is 5.68. The molecular weight excluding hydrogens is 362 g/mol. The Morgan fingerprint density at radius 2 is 1.14 bits per heavy atom. The van der Waals surface area contributed by atoms with Crippen LogP contribution in [0.2, 0.25) is 0 Å². The molecule has 7 heteroatoms. The monoisotopic (exact) mass is 385 g/mol. The average molecular weight is 385 g/mol. The van der Waals surface area contributed by atoms with Gasteiger partial charge in [0.2, 0.25) is 11.5 Å². The van der Waals surface area contributed by atoms with Crippen LogP contribution in [-0.4, -0.2) is 47.6 Å². The summed E-state index contributed by atoms with van der Waals surface area (Å²) in [6.07, 6.45) is 1.73. The number of pyridine rings is 1. The lowest BCUT2D eigenvalue weighted by Gasteiger charge is -2.18. The maximum Gasteiger partial charge on any atom is 0.204 e. The predicted octanol–water partition coefficient (Wildman–Crippen LogP) is 3.95. The van der Waals surface area contributed by atoms with Crippen molar-refractivity contribution < 1.29 is 28.4 Å². The van der Waals surface area contributed by atoms with Crippen molar-refractivity contribution in [2.75, 3.05) is 42.7 Å². The Kier molecular flexibility index (Phi) is 5.63. The van der Waals surface area contributed by atoms with Gasteiger partial charge in [-0.25, -0.2) is 0 Å². The third-order valence-corrected chi connectivity index (χ3v) is 4.49. The smallest absolute Gasteiger partial charge is 0.204 e. The Bertz CT molecular complexity index is 977. The highest BCUT2D eigenvalue weighted by molar-refractivity contribution is 6.02. The van der Waals surface area contributed by atoms with Gasteiger partial charge in [0.05, 0.1) is 53.7 Å². The molecule has 0 spiro atoms. The van der Waals surface area contributed by atoms with Crippen LogP contribution in [0.5, 0.6) is 34.5 Å². The summed E-state index contributed by atoms with van der Waals surface area (Å²) < 4.78 is 33.1. The van der Waals surface area contributed by atoms with E-state index in [0.29, 0.717) is 40.2 Å². The molecule has 1 aromatic heterocycles. The summed E-state index contributed by atoms with van der Waals surface area (Å²) >= 11 is 0. The molecule has 0 aliphatic carbocycles. The lowest BCUT2D eigenvalue weighted by Crippen LogP contribution is -1.99. The van der Waals surface area contributed by atoms with Crippen LogP contribution in [0.25, 0.3) is 22.0 Å². The minimum absolute atomic E-state index is 0.499. The number of benzene rings is 2. The second-order valence-corrected chi connectivity index (χ2v) is 5.82. The maximum atomic E-state index is 5.68. The third-order valence-electron chi connectivity index (χ3n) is 4.49. The van der Waals surface area contributed by atoms with Gasteiger partial charge in [-0.05, 0) is 29.7 Å². The zero-order valence-corrected chi connectivity index (χ0v) is 16.8. The molecule has 0 bridgehead atoms. The zero-order chi connectivity index (χ0) is 20.3. The van der Waals surface area contributed by atoms with E-state index >= 15 is 0 Å². The fourth-order valence-corrected chi connectivity index (χ4v) is 3.24. The van der Waals surface area contributed by atoms with Gasteiger partial charge >= 0.3 is 0 Å². The highest BCUT2D eigenvalue weighted by Crippen LogP contribution is 2.48. The van der Waals surface area contributed by atoms with E-state index in [0.717, 1.165) is 16.3 Å². The highest BCUT2D eigenvalue weighted by Gasteiger charge is 2.22. The molecule has 148 valence electrons. The molecule has 1 heterocycles. The summed E-state index contributed by atoms with van der Waals surface area (Å²) in [5.41, 5.74) is 1.47. The Hall–Kier alpha value is -3.35. The normalized spacial score (nSPS) is 10.5. The van der Waals surface area contributed by atoms with Crippen LogP contribution < -0.4 is 28.4 Å². The van der Waals surface area contributed by atoms with Crippen molar-refractivity contribution in [2.45, 2.75) is 0 Å². The molecule has 0 amide bonds. The first-order chi connectivity index (χ1) is 13.6. The fourth-order valence-electron chi connectivity index (χ4n) is 3.24. The van der Waals surface area contributed by atoms with Crippen molar-refractivity contribution >= 4 is 10.8 Å². The highest BCUT2D eigenvalue weighted by atomic mass is 16.5. The molecule has 2 aromatic carbocycles. The van der Waals surface area contributed by atoms with Crippen LogP contribution in [-0.2, 0) is 0 Å². The van der Waals surface area contributed by atoms with Gasteiger partial charge in [-0.15, -0.1) is 0 Å². The third kappa shape index (κ3) is 3.09. The Morgan fingerprint density at radius 3 is 1.64 bits per heavy atom. The number of nitrogens with zero attached hydrogens (tertiary/aromatic N) is 1. The topological polar surface area (TPSA) is 68.3 Å². The summed E-state index contributed by atoms with van der Waals surface area (Å²) in [6, 6.07) is 7.47. The quantitative estimate of drug-likeness (QED) is 0.610. The summed E-state index contributed by atoms with van der Waals surface area (Å²) in [5, 5.41) is 1.69. The standard InChI is InChI=1S/C21H23NO6/c1-23-14-10-13(11-15(24-2)19(14)26-4)18-17-12(7-8-22-18)9-16(25-3)20(27-5)21(17)28-6/h7-11H,1-6H3. The molecule has 3 aromatic rings. The van der Waals surface area contributed by atoms with Crippen LogP contribution in [0.4, 0.5) is 0 Å². The summed E-state index contributed by atoms with van der Waals surface area (Å²) in [5.74, 6) is 3.20. The number of hydrogen-bond donors (Lipinski definition) is 0. The Labute approximate surface area is 163 Å². The first kappa shape index (κ1) is 19.4. The molecule has 0 saturated carbocycles. The van der Waals surface area contributed by atoms with Gasteiger partial charge in [-0.1, -0.05) is 0 Å². The van der Waals surface area contributed by atoms with Crippen molar-refractivity contribution in [1.82, 2.24) is 4.98 Å². The molecule has 0 saturated heterocycles. The minimum atomic E-state index is 0.499. The van der Waals surface area contributed by atoms with Gasteiger partial charge in [0.25, 0.3) is 0 Å². The number of aromatic nitrogens is 1. The molecule has 7 nitrogen and oxygen atoms in total. The molecule has 0 N–H and O–H groups in total. The number of methoxy groups -OCH3 is 6. The Morgan fingerprint density at radius 1 is 0.607 bits per heavy atom. The van der Waals surface area contributed by atoms with E-state index in [2.05, 4.69) is 4.98 Å². The number of hydrogen-bond acceptors (Lipinski definition) is 7. The molecular formula is C21H23NO6. The van der Waals surface area contributed by atoms with E-state index in [4.69, 9.17) is 28.4 Å². The van der Waals surface area contributed by atoms with Crippen molar-refractivity contribution in [3.05, 3.63) is 30.5 Å². The van der Waals surface area contributed by atoms with Crippen LogP contribution >= 0.6 is 0 Å². The number of ether oxygens (including phenoxy) is 6. The summed E-state index contributed by atoms with van der Waals surface area (Å²) in [6.45, 7) is 0. The SMILES string of the molecule is COc1cc(-c2nccc3cc(OC)c(OC)c(OC)c23)cc(OC)c1OC.